The van der Waals surface area contributed by atoms with E-state index in [0.29, 0.717) is 16.5 Å². The van der Waals surface area contributed by atoms with Crippen LogP contribution in [0.2, 0.25) is 0 Å². The van der Waals surface area contributed by atoms with E-state index in [0.717, 1.165) is 10.5 Å². The first-order chi connectivity index (χ1) is 10.0. The van der Waals surface area contributed by atoms with E-state index in [1.165, 1.54) is 0 Å². The Morgan fingerprint density at radius 3 is 2.48 bits per heavy atom. The summed E-state index contributed by atoms with van der Waals surface area (Å²) >= 11 is 3.31. The number of rotatable bonds is 2. The summed E-state index contributed by atoms with van der Waals surface area (Å²) in [6, 6.07) is 4.25. The SMILES string of the molecule is O=C1CCC(N2C(=O)c3ccc(CBr)cc3C2=O)C(=O)C1. The fourth-order valence-corrected chi connectivity index (χ4v) is 3.15. The van der Waals surface area contributed by atoms with Crippen molar-refractivity contribution in [3.63, 3.8) is 0 Å². The quantitative estimate of drug-likeness (QED) is 0.464. The molecule has 0 bridgehead atoms. The van der Waals surface area contributed by atoms with Crippen molar-refractivity contribution in [1.82, 2.24) is 4.90 Å². The van der Waals surface area contributed by atoms with Gasteiger partial charge in [-0.1, -0.05) is 22.0 Å². The molecule has 0 aromatic heterocycles. The second-order valence-electron chi connectivity index (χ2n) is 5.23. The number of fused-ring (bicyclic) bond motifs is 1. The lowest BCUT2D eigenvalue weighted by Crippen LogP contribution is -2.47. The second-order valence-corrected chi connectivity index (χ2v) is 5.79. The highest BCUT2D eigenvalue weighted by atomic mass is 79.9. The van der Waals surface area contributed by atoms with E-state index in [1.807, 2.05) is 0 Å². The average molecular weight is 350 g/mol. The van der Waals surface area contributed by atoms with Gasteiger partial charge in [0.25, 0.3) is 11.8 Å². The maximum Gasteiger partial charge on any atom is 0.262 e. The minimum atomic E-state index is -0.803. The van der Waals surface area contributed by atoms with Crippen LogP contribution in [0.25, 0.3) is 0 Å². The summed E-state index contributed by atoms with van der Waals surface area (Å²) in [6.45, 7) is 0. The largest absolute Gasteiger partial charge is 0.299 e. The molecule has 0 radical (unpaired) electrons. The maximum absolute atomic E-state index is 12.5. The topological polar surface area (TPSA) is 71.5 Å². The predicted octanol–water partition coefficient (Wildman–Crippen LogP) is 1.87. The summed E-state index contributed by atoms with van der Waals surface area (Å²) < 4.78 is 0. The van der Waals surface area contributed by atoms with Gasteiger partial charge in [0.2, 0.25) is 0 Å². The van der Waals surface area contributed by atoms with Crippen LogP contribution in [0.15, 0.2) is 18.2 Å². The fraction of sp³-hybridized carbons (Fsp3) is 0.333. The molecule has 1 heterocycles. The van der Waals surface area contributed by atoms with Crippen molar-refractivity contribution in [1.29, 1.82) is 0 Å². The molecular formula is C15H12BrNO4. The number of hydrogen-bond acceptors (Lipinski definition) is 4. The number of ketones is 2. The fourth-order valence-electron chi connectivity index (χ4n) is 2.81. The number of imide groups is 1. The summed E-state index contributed by atoms with van der Waals surface area (Å²) in [4.78, 5) is 49.1. The Balaban J connectivity index is 1.96. The van der Waals surface area contributed by atoms with E-state index >= 15 is 0 Å². The first-order valence-electron chi connectivity index (χ1n) is 6.64. The van der Waals surface area contributed by atoms with Crippen LogP contribution in [-0.2, 0) is 14.9 Å². The molecule has 2 aliphatic rings. The van der Waals surface area contributed by atoms with Gasteiger partial charge < -0.3 is 0 Å². The van der Waals surface area contributed by atoms with Gasteiger partial charge in [0, 0.05) is 11.8 Å². The molecule has 1 aromatic rings. The minimum Gasteiger partial charge on any atom is -0.299 e. The Morgan fingerprint density at radius 1 is 1.10 bits per heavy atom. The van der Waals surface area contributed by atoms with Gasteiger partial charge >= 0.3 is 0 Å². The van der Waals surface area contributed by atoms with Crippen LogP contribution in [0.3, 0.4) is 0 Å². The Morgan fingerprint density at radius 2 is 1.81 bits per heavy atom. The number of carbonyl (C=O) groups is 4. The Bertz CT molecular complexity index is 682. The standard InChI is InChI=1S/C15H12BrNO4/c16-7-8-1-3-10-11(5-8)15(21)17(14(10)20)12-4-2-9(18)6-13(12)19/h1,3,5,12H,2,4,6-7H2. The Hall–Kier alpha value is -1.82. The van der Waals surface area contributed by atoms with E-state index in [2.05, 4.69) is 15.9 Å². The Labute approximate surface area is 129 Å². The van der Waals surface area contributed by atoms with E-state index in [4.69, 9.17) is 0 Å². The van der Waals surface area contributed by atoms with Crippen LogP contribution in [0, 0.1) is 0 Å². The molecule has 1 atom stereocenters. The molecule has 2 amide bonds. The van der Waals surface area contributed by atoms with Crippen molar-refractivity contribution in [3.8, 4) is 0 Å². The number of alkyl halides is 1. The van der Waals surface area contributed by atoms with Gasteiger partial charge in [0.1, 0.15) is 5.78 Å². The van der Waals surface area contributed by atoms with Crippen molar-refractivity contribution in [3.05, 3.63) is 34.9 Å². The molecule has 0 saturated heterocycles. The molecule has 1 fully saturated rings. The van der Waals surface area contributed by atoms with E-state index in [9.17, 15) is 19.2 Å². The zero-order chi connectivity index (χ0) is 15.1. The third-order valence-electron chi connectivity index (χ3n) is 3.89. The number of carbonyl (C=O) groups excluding carboxylic acids is 4. The predicted molar refractivity (Wildman–Crippen MR) is 77.2 cm³/mol. The highest BCUT2D eigenvalue weighted by Gasteiger charge is 2.44. The Kier molecular flexibility index (Phi) is 3.49. The zero-order valence-corrected chi connectivity index (χ0v) is 12.7. The minimum absolute atomic E-state index is 0.130. The molecule has 1 aliphatic heterocycles. The maximum atomic E-state index is 12.5. The first kappa shape index (κ1) is 14.1. The van der Waals surface area contributed by atoms with Crippen LogP contribution in [-0.4, -0.2) is 34.3 Å². The van der Waals surface area contributed by atoms with Gasteiger partial charge in [-0.25, -0.2) is 0 Å². The molecule has 1 unspecified atom stereocenters. The molecule has 108 valence electrons. The second kappa shape index (κ2) is 5.18. The van der Waals surface area contributed by atoms with E-state index in [1.54, 1.807) is 18.2 Å². The molecule has 1 aliphatic carbocycles. The van der Waals surface area contributed by atoms with Crippen molar-refractivity contribution >= 4 is 39.3 Å². The summed E-state index contributed by atoms with van der Waals surface area (Å²) in [5, 5.41) is 0.582. The number of benzene rings is 1. The molecule has 3 rings (SSSR count). The molecular weight excluding hydrogens is 338 g/mol. The van der Waals surface area contributed by atoms with E-state index < -0.39 is 17.9 Å². The number of halogens is 1. The van der Waals surface area contributed by atoms with Gasteiger partial charge in [0.05, 0.1) is 23.6 Å². The van der Waals surface area contributed by atoms with Gasteiger partial charge in [-0.05, 0) is 24.1 Å². The monoisotopic (exact) mass is 349 g/mol. The summed E-state index contributed by atoms with van der Waals surface area (Å²) in [5.74, 6) is -1.36. The van der Waals surface area contributed by atoms with Gasteiger partial charge in [-0.2, -0.15) is 0 Å². The third kappa shape index (κ3) is 2.23. The smallest absolute Gasteiger partial charge is 0.262 e. The van der Waals surface area contributed by atoms with Crippen molar-refractivity contribution < 1.29 is 19.2 Å². The molecule has 1 aromatic carbocycles. The molecule has 1 saturated carbocycles. The normalized spacial score (nSPS) is 22.0. The summed E-state index contributed by atoms with van der Waals surface area (Å²) in [6.07, 6.45) is 0.273. The highest BCUT2D eigenvalue weighted by Crippen LogP contribution is 2.29. The van der Waals surface area contributed by atoms with Crippen molar-refractivity contribution in [2.45, 2.75) is 30.6 Å². The van der Waals surface area contributed by atoms with Crippen LogP contribution in [0.5, 0.6) is 0 Å². The average Bonchev–Trinajstić information content (AvgIpc) is 2.71. The molecule has 0 spiro atoms. The van der Waals surface area contributed by atoms with Crippen LogP contribution in [0.4, 0.5) is 0 Å². The molecule has 21 heavy (non-hydrogen) atoms. The van der Waals surface area contributed by atoms with Gasteiger partial charge in [-0.15, -0.1) is 0 Å². The van der Waals surface area contributed by atoms with Crippen LogP contribution in [0.1, 0.15) is 45.5 Å². The summed E-state index contributed by atoms with van der Waals surface area (Å²) in [5.41, 5.74) is 1.55. The number of amides is 2. The highest BCUT2D eigenvalue weighted by molar-refractivity contribution is 9.08. The lowest BCUT2D eigenvalue weighted by Gasteiger charge is -2.27. The van der Waals surface area contributed by atoms with E-state index in [-0.39, 0.29) is 30.8 Å². The number of Topliss-reactive ketones (excluding diaryl/α,β-unsaturated/α-hetero) is 2. The first-order valence-corrected chi connectivity index (χ1v) is 7.76. The zero-order valence-electron chi connectivity index (χ0n) is 11.1. The van der Waals surface area contributed by atoms with Gasteiger partial charge in [-0.3, -0.25) is 24.1 Å². The number of nitrogens with zero attached hydrogens (tertiary/aromatic N) is 1. The summed E-state index contributed by atoms with van der Waals surface area (Å²) in [7, 11) is 0. The lowest BCUT2D eigenvalue weighted by molar-refractivity contribution is -0.132. The van der Waals surface area contributed by atoms with Crippen LogP contribution < -0.4 is 0 Å². The molecule has 0 N–H and O–H groups in total. The number of hydrogen-bond donors (Lipinski definition) is 0. The van der Waals surface area contributed by atoms with Gasteiger partial charge in [0.15, 0.2) is 5.78 Å². The third-order valence-corrected chi connectivity index (χ3v) is 4.54. The van der Waals surface area contributed by atoms with Crippen molar-refractivity contribution in [2.75, 3.05) is 0 Å². The van der Waals surface area contributed by atoms with Crippen molar-refractivity contribution in [2.24, 2.45) is 0 Å². The lowest BCUT2D eigenvalue weighted by atomic mass is 9.92. The van der Waals surface area contributed by atoms with Crippen LogP contribution >= 0.6 is 15.9 Å². The molecule has 6 heteroatoms. The molecule has 5 nitrogen and oxygen atoms in total.